The number of anilines is 1. The van der Waals surface area contributed by atoms with Crippen LogP contribution in [0.15, 0.2) is 30.3 Å². The van der Waals surface area contributed by atoms with Crippen molar-refractivity contribution >= 4 is 11.5 Å². The molecule has 0 fully saturated rings. The molecular formula is C17H20N4O2. The highest BCUT2D eigenvalue weighted by molar-refractivity contribution is 5.51. The highest BCUT2D eigenvalue weighted by Gasteiger charge is 2.09. The van der Waals surface area contributed by atoms with Crippen molar-refractivity contribution in [2.75, 3.05) is 19.5 Å². The quantitative estimate of drug-likeness (QED) is 0.785. The minimum absolute atomic E-state index is 0.616. The number of hydrogen-bond donors (Lipinski definition) is 1. The van der Waals surface area contributed by atoms with Crippen molar-refractivity contribution in [2.24, 2.45) is 0 Å². The summed E-state index contributed by atoms with van der Waals surface area (Å²) in [6.45, 7) is 4.55. The van der Waals surface area contributed by atoms with E-state index in [4.69, 9.17) is 9.47 Å². The molecular weight excluding hydrogens is 292 g/mol. The minimum atomic E-state index is 0.616. The molecule has 0 saturated carbocycles. The Balaban J connectivity index is 1.89. The highest BCUT2D eigenvalue weighted by atomic mass is 16.5. The van der Waals surface area contributed by atoms with Gasteiger partial charge < -0.3 is 14.8 Å². The molecule has 0 aliphatic rings. The molecule has 0 atom stereocenters. The lowest BCUT2D eigenvalue weighted by atomic mass is 10.2. The van der Waals surface area contributed by atoms with Gasteiger partial charge in [0.1, 0.15) is 17.3 Å². The molecule has 2 heterocycles. The van der Waals surface area contributed by atoms with E-state index in [0.717, 1.165) is 39.9 Å². The lowest BCUT2D eigenvalue weighted by molar-refractivity contribution is 0.391. The number of hydrogen-bond acceptors (Lipinski definition) is 5. The molecule has 0 bridgehead atoms. The summed E-state index contributed by atoms with van der Waals surface area (Å²) in [5, 5.41) is 7.89. The van der Waals surface area contributed by atoms with E-state index in [1.54, 1.807) is 14.2 Å². The smallest absolute Gasteiger partial charge is 0.157 e. The largest absolute Gasteiger partial charge is 0.497 e. The molecule has 2 aromatic heterocycles. The van der Waals surface area contributed by atoms with Crippen molar-refractivity contribution in [1.82, 2.24) is 14.6 Å². The molecule has 1 aromatic carbocycles. The zero-order chi connectivity index (χ0) is 16.4. The number of aryl methyl sites for hydroxylation is 2. The normalized spacial score (nSPS) is 10.8. The van der Waals surface area contributed by atoms with Gasteiger partial charge in [0.2, 0.25) is 0 Å². The van der Waals surface area contributed by atoms with Gasteiger partial charge in [0.25, 0.3) is 0 Å². The standard InChI is InChI=1S/C17H20N4O2/c1-11-7-16(21-17(19-11)8-12(2)20-21)18-10-13-5-6-14(22-3)9-15(13)23-4/h5-9,18H,10H2,1-4H3. The van der Waals surface area contributed by atoms with E-state index in [1.165, 1.54) is 0 Å². The molecule has 0 aliphatic heterocycles. The first kappa shape index (κ1) is 15.1. The van der Waals surface area contributed by atoms with Crippen LogP contribution >= 0.6 is 0 Å². The number of nitrogens with zero attached hydrogens (tertiary/aromatic N) is 3. The summed E-state index contributed by atoms with van der Waals surface area (Å²) < 4.78 is 12.5. The summed E-state index contributed by atoms with van der Waals surface area (Å²) in [5.74, 6) is 2.46. The number of rotatable bonds is 5. The fourth-order valence-corrected chi connectivity index (χ4v) is 2.52. The fraction of sp³-hybridized carbons (Fsp3) is 0.294. The van der Waals surface area contributed by atoms with Crippen molar-refractivity contribution < 1.29 is 9.47 Å². The molecule has 120 valence electrons. The summed E-state index contributed by atoms with van der Waals surface area (Å²) in [6.07, 6.45) is 0. The van der Waals surface area contributed by atoms with Gasteiger partial charge in [-0.1, -0.05) is 0 Å². The predicted molar refractivity (Wildman–Crippen MR) is 89.3 cm³/mol. The molecule has 0 spiro atoms. The summed E-state index contributed by atoms with van der Waals surface area (Å²) >= 11 is 0. The molecule has 6 heteroatoms. The molecule has 0 unspecified atom stereocenters. The second-order valence-electron chi connectivity index (χ2n) is 5.37. The van der Waals surface area contributed by atoms with Crippen LogP contribution in [-0.4, -0.2) is 28.8 Å². The molecule has 0 saturated heterocycles. The van der Waals surface area contributed by atoms with Crippen LogP contribution in [0.25, 0.3) is 5.65 Å². The Morgan fingerprint density at radius 1 is 1.04 bits per heavy atom. The molecule has 3 aromatic rings. The van der Waals surface area contributed by atoms with E-state index in [-0.39, 0.29) is 0 Å². The van der Waals surface area contributed by atoms with E-state index < -0.39 is 0 Å². The Morgan fingerprint density at radius 3 is 2.61 bits per heavy atom. The topological polar surface area (TPSA) is 60.7 Å². The predicted octanol–water partition coefficient (Wildman–Crippen LogP) is 2.98. The number of benzene rings is 1. The number of aromatic nitrogens is 3. The van der Waals surface area contributed by atoms with E-state index in [2.05, 4.69) is 15.4 Å². The van der Waals surface area contributed by atoms with E-state index in [1.807, 2.05) is 48.7 Å². The Labute approximate surface area is 135 Å². The van der Waals surface area contributed by atoms with Crippen LogP contribution in [0.1, 0.15) is 17.0 Å². The van der Waals surface area contributed by atoms with E-state index in [0.29, 0.717) is 6.54 Å². The number of methoxy groups -OCH3 is 2. The van der Waals surface area contributed by atoms with Gasteiger partial charge in [0.05, 0.1) is 19.9 Å². The van der Waals surface area contributed by atoms with Gasteiger partial charge in [-0.05, 0) is 26.0 Å². The maximum absolute atomic E-state index is 5.44. The molecule has 0 amide bonds. The van der Waals surface area contributed by atoms with Gasteiger partial charge in [-0.15, -0.1) is 0 Å². The van der Waals surface area contributed by atoms with Gasteiger partial charge in [0.15, 0.2) is 5.65 Å². The molecule has 3 rings (SSSR count). The van der Waals surface area contributed by atoms with Crippen LogP contribution in [0.5, 0.6) is 11.5 Å². The van der Waals surface area contributed by atoms with Crippen LogP contribution < -0.4 is 14.8 Å². The van der Waals surface area contributed by atoms with Crippen LogP contribution in [0.4, 0.5) is 5.82 Å². The molecule has 23 heavy (non-hydrogen) atoms. The maximum Gasteiger partial charge on any atom is 0.157 e. The summed E-state index contributed by atoms with van der Waals surface area (Å²) in [4.78, 5) is 4.49. The van der Waals surface area contributed by atoms with Crippen molar-refractivity contribution in [1.29, 1.82) is 0 Å². The van der Waals surface area contributed by atoms with E-state index in [9.17, 15) is 0 Å². The van der Waals surface area contributed by atoms with Gasteiger partial charge in [-0.25, -0.2) is 4.98 Å². The molecule has 1 N–H and O–H groups in total. The van der Waals surface area contributed by atoms with Gasteiger partial charge in [0, 0.05) is 36.0 Å². The third-order valence-corrected chi connectivity index (χ3v) is 3.63. The fourth-order valence-electron chi connectivity index (χ4n) is 2.52. The van der Waals surface area contributed by atoms with Crippen molar-refractivity contribution in [3.63, 3.8) is 0 Å². The number of ether oxygens (including phenoxy) is 2. The van der Waals surface area contributed by atoms with Crippen molar-refractivity contribution in [3.05, 3.63) is 47.3 Å². The minimum Gasteiger partial charge on any atom is -0.497 e. The van der Waals surface area contributed by atoms with Crippen LogP contribution in [0.2, 0.25) is 0 Å². The summed E-state index contributed by atoms with van der Waals surface area (Å²) in [5.41, 5.74) is 3.77. The monoisotopic (exact) mass is 312 g/mol. The van der Waals surface area contributed by atoms with Crippen LogP contribution in [0.3, 0.4) is 0 Å². The van der Waals surface area contributed by atoms with Gasteiger partial charge in [-0.3, -0.25) is 0 Å². The second-order valence-corrected chi connectivity index (χ2v) is 5.37. The first-order valence-electron chi connectivity index (χ1n) is 7.39. The molecule has 0 aliphatic carbocycles. The highest BCUT2D eigenvalue weighted by Crippen LogP contribution is 2.25. The lowest BCUT2D eigenvalue weighted by Crippen LogP contribution is -2.07. The Bertz CT molecular complexity index is 842. The SMILES string of the molecule is COc1ccc(CNc2cc(C)nc3cc(C)nn23)c(OC)c1. The van der Waals surface area contributed by atoms with E-state index >= 15 is 0 Å². The number of fused-ring (bicyclic) bond motifs is 1. The van der Waals surface area contributed by atoms with Crippen molar-refractivity contribution in [3.8, 4) is 11.5 Å². The number of nitrogens with one attached hydrogen (secondary N) is 1. The third-order valence-electron chi connectivity index (χ3n) is 3.63. The Kier molecular flexibility index (Phi) is 4.06. The average molecular weight is 312 g/mol. The van der Waals surface area contributed by atoms with Gasteiger partial charge in [-0.2, -0.15) is 9.61 Å². The Hall–Kier alpha value is -2.76. The van der Waals surface area contributed by atoms with Crippen LogP contribution in [0, 0.1) is 13.8 Å². The molecule has 6 nitrogen and oxygen atoms in total. The summed E-state index contributed by atoms with van der Waals surface area (Å²) in [6, 6.07) is 9.74. The third kappa shape index (κ3) is 3.06. The zero-order valence-electron chi connectivity index (χ0n) is 13.8. The zero-order valence-corrected chi connectivity index (χ0v) is 13.8. The average Bonchev–Trinajstić information content (AvgIpc) is 2.92. The first-order valence-corrected chi connectivity index (χ1v) is 7.39. The molecule has 0 radical (unpaired) electrons. The second kappa shape index (κ2) is 6.16. The first-order chi connectivity index (χ1) is 11.1. The maximum atomic E-state index is 5.44. The van der Waals surface area contributed by atoms with Crippen molar-refractivity contribution in [2.45, 2.75) is 20.4 Å². The lowest BCUT2D eigenvalue weighted by Gasteiger charge is -2.13. The Morgan fingerprint density at radius 2 is 1.87 bits per heavy atom. The van der Waals surface area contributed by atoms with Gasteiger partial charge >= 0.3 is 0 Å². The van der Waals surface area contributed by atoms with Crippen LogP contribution in [-0.2, 0) is 6.54 Å². The summed E-state index contributed by atoms with van der Waals surface area (Å²) in [7, 11) is 3.30.